The number of benzene rings is 2. The number of hydrogen-bond acceptors (Lipinski definition) is 2. The lowest BCUT2D eigenvalue weighted by atomic mass is 9.88. The minimum atomic E-state index is -0.224. The Bertz CT molecular complexity index is 776. The number of carbonyl (C=O) groups excluding carboxylic acids is 2. The number of nitrogens with zero attached hydrogens (tertiary/aromatic N) is 2. The molecule has 1 heterocycles. The summed E-state index contributed by atoms with van der Waals surface area (Å²) in [7, 11) is 1.81. The van der Waals surface area contributed by atoms with E-state index in [1.807, 2.05) is 44.3 Å². The van der Waals surface area contributed by atoms with Gasteiger partial charge in [-0.15, -0.1) is 0 Å². The first kappa shape index (κ1) is 18.5. The molecule has 2 amide bonds. The summed E-state index contributed by atoms with van der Waals surface area (Å²) in [4.78, 5) is 29.3. The van der Waals surface area contributed by atoms with E-state index in [0.717, 1.165) is 5.56 Å². The Morgan fingerprint density at radius 2 is 1.73 bits per heavy atom. The largest absolute Gasteiger partial charge is 0.346 e. The van der Waals surface area contributed by atoms with Crippen molar-refractivity contribution in [1.29, 1.82) is 0 Å². The zero-order valence-corrected chi connectivity index (χ0v) is 15.8. The highest BCUT2D eigenvalue weighted by atomic mass is 35.5. The summed E-state index contributed by atoms with van der Waals surface area (Å²) >= 11 is 5.92. The highest BCUT2D eigenvalue weighted by Gasteiger charge is 2.41. The third kappa shape index (κ3) is 3.75. The van der Waals surface area contributed by atoms with Gasteiger partial charge in [-0.2, -0.15) is 0 Å². The number of hydrogen-bond donors (Lipinski definition) is 0. The molecule has 136 valence electrons. The number of halogens is 1. The van der Waals surface area contributed by atoms with Crippen LogP contribution in [0, 0.1) is 5.92 Å². The summed E-state index contributed by atoms with van der Waals surface area (Å²) in [5, 5.41) is 0.600. The van der Waals surface area contributed by atoms with E-state index >= 15 is 0 Å². The van der Waals surface area contributed by atoms with Crippen molar-refractivity contribution in [2.75, 3.05) is 26.7 Å². The SMILES string of the molecule is CCN(C)C(=O)[C@@H]1CN(C(=O)c2ccc(Cl)cc2)C[C@@H]1c1ccccc1. The number of likely N-dealkylation sites (tertiary alicyclic amines) is 1. The van der Waals surface area contributed by atoms with Crippen LogP contribution in [-0.4, -0.2) is 48.3 Å². The Morgan fingerprint density at radius 1 is 1.08 bits per heavy atom. The average molecular weight is 371 g/mol. The molecule has 0 aromatic heterocycles. The number of amides is 2. The van der Waals surface area contributed by atoms with Crippen molar-refractivity contribution >= 4 is 23.4 Å². The molecule has 5 heteroatoms. The van der Waals surface area contributed by atoms with Gasteiger partial charge in [0.1, 0.15) is 0 Å². The van der Waals surface area contributed by atoms with Gasteiger partial charge in [-0.1, -0.05) is 41.9 Å². The van der Waals surface area contributed by atoms with E-state index in [2.05, 4.69) is 0 Å². The van der Waals surface area contributed by atoms with Crippen LogP contribution in [-0.2, 0) is 4.79 Å². The predicted molar refractivity (Wildman–Crippen MR) is 103 cm³/mol. The quantitative estimate of drug-likeness (QED) is 0.823. The standard InChI is InChI=1S/C21H23ClN2O2/c1-3-23(2)21(26)19-14-24(13-18(19)15-7-5-4-6-8-15)20(25)16-9-11-17(22)12-10-16/h4-12,18-19H,3,13-14H2,1-2H3/t18-,19-/m1/s1. The van der Waals surface area contributed by atoms with Crippen LogP contribution in [0.5, 0.6) is 0 Å². The molecular weight excluding hydrogens is 348 g/mol. The second-order valence-corrected chi connectivity index (χ2v) is 7.13. The molecule has 2 atom stereocenters. The monoisotopic (exact) mass is 370 g/mol. The topological polar surface area (TPSA) is 40.6 Å². The average Bonchev–Trinajstić information content (AvgIpc) is 3.13. The van der Waals surface area contributed by atoms with Crippen LogP contribution in [0.3, 0.4) is 0 Å². The first-order chi connectivity index (χ1) is 12.5. The first-order valence-electron chi connectivity index (χ1n) is 8.86. The summed E-state index contributed by atoms with van der Waals surface area (Å²) < 4.78 is 0. The highest BCUT2D eigenvalue weighted by molar-refractivity contribution is 6.30. The maximum absolute atomic E-state index is 12.9. The highest BCUT2D eigenvalue weighted by Crippen LogP contribution is 2.34. The summed E-state index contributed by atoms with van der Waals surface area (Å²) in [5.74, 6) is -0.183. The lowest BCUT2D eigenvalue weighted by molar-refractivity contribution is -0.133. The minimum Gasteiger partial charge on any atom is -0.346 e. The van der Waals surface area contributed by atoms with Gasteiger partial charge in [0.2, 0.25) is 5.91 Å². The first-order valence-corrected chi connectivity index (χ1v) is 9.23. The Hall–Kier alpha value is -2.33. The van der Waals surface area contributed by atoms with Crippen LogP contribution in [0.2, 0.25) is 5.02 Å². The van der Waals surface area contributed by atoms with Gasteiger partial charge in [0.15, 0.2) is 0 Å². The van der Waals surface area contributed by atoms with Gasteiger partial charge < -0.3 is 9.80 Å². The molecule has 1 fully saturated rings. The van der Waals surface area contributed by atoms with Crippen molar-refractivity contribution < 1.29 is 9.59 Å². The third-order valence-electron chi connectivity index (χ3n) is 5.09. The fourth-order valence-corrected chi connectivity index (χ4v) is 3.60. The van der Waals surface area contributed by atoms with Crippen molar-refractivity contribution in [3.05, 3.63) is 70.7 Å². The minimum absolute atomic E-state index is 0.00829. The molecule has 1 aliphatic rings. The summed E-state index contributed by atoms with van der Waals surface area (Å²) in [6, 6.07) is 16.9. The number of rotatable bonds is 4. The van der Waals surface area contributed by atoms with Crippen molar-refractivity contribution in [1.82, 2.24) is 9.80 Å². The fourth-order valence-electron chi connectivity index (χ4n) is 3.47. The van der Waals surface area contributed by atoms with Gasteiger partial charge in [-0.25, -0.2) is 0 Å². The molecule has 26 heavy (non-hydrogen) atoms. The van der Waals surface area contributed by atoms with Gasteiger partial charge in [-0.3, -0.25) is 9.59 Å². The molecule has 0 spiro atoms. The molecule has 1 aliphatic heterocycles. The fraction of sp³-hybridized carbons (Fsp3) is 0.333. The van der Waals surface area contributed by atoms with Crippen molar-refractivity contribution in [3.63, 3.8) is 0 Å². The van der Waals surface area contributed by atoms with Crippen molar-refractivity contribution in [3.8, 4) is 0 Å². The Morgan fingerprint density at radius 3 is 2.35 bits per heavy atom. The normalized spacial score (nSPS) is 19.4. The summed E-state index contributed by atoms with van der Waals surface area (Å²) in [6.07, 6.45) is 0. The molecule has 3 rings (SSSR count). The smallest absolute Gasteiger partial charge is 0.253 e. The Labute approximate surface area is 159 Å². The van der Waals surface area contributed by atoms with Gasteiger partial charge >= 0.3 is 0 Å². The second-order valence-electron chi connectivity index (χ2n) is 6.69. The zero-order chi connectivity index (χ0) is 18.7. The maximum atomic E-state index is 12.9. The third-order valence-corrected chi connectivity index (χ3v) is 5.35. The molecule has 4 nitrogen and oxygen atoms in total. The van der Waals surface area contributed by atoms with Crippen LogP contribution in [0.1, 0.15) is 28.8 Å². The maximum Gasteiger partial charge on any atom is 0.253 e. The van der Waals surface area contributed by atoms with E-state index in [-0.39, 0.29) is 23.7 Å². The van der Waals surface area contributed by atoms with Crippen molar-refractivity contribution in [2.45, 2.75) is 12.8 Å². The lowest BCUT2D eigenvalue weighted by Crippen LogP contribution is -2.36. The van der Waals surface area contributed by atoms with Gasteiger partial charge in [0, 0.05) is 43.2 Å². The van der Waals surface area contributed by atoms with Gasteiger partial charge in [-0.05, 0) is 36.8 Å². The van der Waals surface area contributed by atoms with Gasteiger partial charge in [0.05, 0.1) is 5.92 Å². The molecule has 0 aliphatic carbocycles. The van der Waals surface area contributed by atoms with E-state index in [4.69, 9.17) is 11.6 Å². The Balaban J connectivity index is 1.87. The number of carbonyl (C=O) groups is 2. The van der Waals surface area contributed by atoms with E-state index in [1.165, 1.54) is 0 Å². The van der Waals surface area contributed by atoms with Crippen LogP contribution in [0.4, 0.5) is 0 Å². The molecule has 2 aromatic rings. The molecular formula is C21H23ClN2O2. The molecule has 2 aromatic carbocycles. The van der Waals surface area contributed by atoms with Crippen LogP contribution >= 0.6 is 11.6 Å². The molecule has 0 unspecified atom stereocenters. The van der Waals surface area contributed by atoms with Gasteiger partial charge in [0.25, 0.3) is 5.91 Å². The van der Waals surface area contributed by atoms with Crippen molar-refractivity contribution in [2.24, 2.45) is 5.92 Å². The molecule has 0 N–H and O–H groups in total. The van der Waals surface area contributed by atoms with Crippen LogP contribution in [0.15, 0.2) is 54.6 Å². The molecule has 0 bridgehead atoms. The molecule has 1 saturated heterocycles. The van der Waals surface area contributed by atoms with Crippen LogP contribution < -0.4 is 0 Å². The Kier molecular flexibility index (Phi) is 5.62. The summed E-state index contributed by atoms with van der Waals surface area (Å²) in [5.41, 5.74) is 1.69. The molecule has 0 radical (unpaired) electrons. The van der Waals surface area contributed by atoms with E-state index in [9.17, 15) is 9.59 Å². The second kappa shape index (κ2) is 7.92. The lowest BCUT2D eigenvalue weighted by Gasteiger charge is -2.23. The van der Waals surface area contributed by atoms with E-state index in [1.54, 1.807) is 34.1 Å². The van der Waals surface area contributed by atoms with E-state index in [0.29, 0.717) is 30.2 Å². The molecule has 0 saturated carbocycles. The van der Waals surface area contributed by atoms with E-state index < -0.39 is 0 Å². The zero-order valence-electron chi connectivity index (χ0n) is 15.1. The predicted octanol–water partition coefficient (Wildman–Crippen LogP) is 3.67. The summed E-state index contributed by atoms with van der Waals surface area (Å²) in [6.45, 7) is 3.59. The van der Waals surface area contributed by atoms with Crippen LogP contribution in [0.25, 0.3) is 0 Å².